The monoisotopic (exact) mass is 334 g/mol. The Hall–Kier alpha value is -3.15. The summed E-state index contributed by atoms with van der Waals surface area (Å²) in [5, 5.41) is 8.42. The SMILES string of the molecule is O=C(N1CCCC1)n1ncc(-c2ccc(Oc3ccccc3)cc2)n1. The Kier molecular flexibility index (Phi) is 4.16. The molecule has 0 bridgehead atoms. The van der Waals surface area contributed by atoms with E-state index in [-0.39, 0.29) is 6.03 Å². The Labute approximate surface area is 145 Å². The number of amides is 1. The molecule has 1 aliphatic heterocycles. The van der Waals surface area contributed by atoms with Gasteiger partial charge in [0.1, 0.15) is 17.2 Å². The average molecular weight is 334 g/mol. The van der Waals surface area contributed by atoms with Gasteiger partial charge < -0.3 is 9.64 Å². The summed E-state index contributed by atoms with van der Waals surface area (Å²) in [6, 6.07) is 17.0. The number of hydrogen-bond donors (Lipinski definition) is 0. The summed E-state index contributed by atoms with van der Waals surface area (Å²) in [7, 11) is 0. The van der Waals surface area contributed by atoms with Crippen LogP contribution in [0.4, 0.5) is 4.79 Å². The first-order valence-electron chi connectivity index (χ1n) is 8.34. The van der Waals surface area contributed by atoms with E-state index in [1.54, 1.807) is 11.1 Å². The van der Waals surface area contributed by atoms with E-state index in [9.17, 15) is 4.79 Å². The molecule has 0 aliphatic carbocycles. The summed E-state index contributed by atoms with van der Waals surface area (Å²) in [6.45, 7) is 1.56. The largest absolute Gasteiger partial charge is 0.457 e. The van der Waals surface area contributed by atoms with Gasteiger partial charge in [-0.25, -0.2) is 4.79 Å². The van der Waals surface area contributed by atoms with Crippen molar-refractivity contribution in [2.45, 2.75) is 12.8 Å². The number of carbonyl (C=O) groups excluding carboxylic acids is 1. The van der Waals surface area contributed by atoms with E-state index in [0.29, 0.717) is 5.69 Å². The van der Waals surface area contributed by atoms with Gasteiger partial charge in [0, 0.05) is 18.7 Å². The molecule has 0 radical (unpaired) electrons. The van der Waals surface area contributed by atoms with E-state index in [0.717, 1.165) is 43.0 Å². The number of ether oxygens (including phenoxy) is 1. The van der Waals surface area contributed by atoms with Crippen molar-refractivity contribution in [2.24, 2.45) is 0 Å². The summed E-state index contributed by atoms with van der Waals surface area (Å²) >= 11 is 0. The standard InChI is InChI=1S/C19H18N4O2/c24-19(22-12-4-5-13-22)23-20-14-18(21-23)15-8-10-17(11-9-15)25-16-6-2-1-3-7-16/h1-3,6-11,14H,4-5,12-13H2. The fraction of sp³-hybridized carbons (Fsp3) is 0.211. The highest BCUT2D eigenvalue weighted by Gasteiger charge is 2.21. The van der Waals surface area contributed by atoms with Crippen LogP contribution in [0.25, 0.3) is 11.3 Å². The van der Waals surface area contributed by atoms with Crippen LogP contribution in [0.15, 0.2) is 60.8 Å². The van der Waals surface area contributed by atoms with Crippen molar-refractivity contribution in [3.05, 3.63) is 60.8 Å². The van der Waals surface area contributed by atoms with E-state index in [4.69, 9.17) is 4.74 Å². The predicted molar refractivity (Wildman–Crippen MR) is 93.6 cm³/mol. The molecule has 4 rings (SSSR count). The van der Waals surface area contributed by atoms with E-state index in [1.165, 1.54) is 4.80 Å². The van der Waals surface area contributed by atoms with Crippen LogP contribution in [0.1, 0.15) is 12.8 Å². The van der Waals surface area contributed by atoms with Crippen molar-refractivity contribution in [3.63, 3.8) is 0 Å². The highest BCUT2D eigenvalue weighted by molar-refractivity contribution is 5.75. The molecule has 1 aliphatic rings. The van der Waals surface area contributed by atoms with Gasteiger partial charge in [0.2, 0.25) is 0 Å². The van der Waals surface area contributed by atoms with Gasteiger partial charge in [-0.2, -0.15) is 5.10 Å². The molecule has 0 saturated carbocycles. The fourth-order valence-electron chi connectivity index (χ4n) is 2.84. The Balaban J connectivity index is 1.48. The third-order valence-electron chi connectivity index (χ3n) is 4.17. The number of carbonyl (C=O) groups is 1. The van der Waals surface area contributed by atoms with E-state index in [2.05, 4.69) is 10.2 Å². The number of rotatable bonds is 3. The lowest BCUT2D eigenvalue weighted by atomic mass is 10.2. The summed E-state index contributed by atoms with van der Waals surface area (Å²) in [5.74, 6) is 1.54. The molecule has 6 nitrogen and oxygen atoms in total. The van der Waals surface area contributed by atoms with Gasteiger partial charge in [-0.1, -0.05) is 23.0 Å². The maximum absolute atomic E-state index is 12.3. The average Bonchev–Trinajstić information content (AvgIpc) is 3.35. The molecule has 0 atom stereocenters. The quantitative estimate of drug-likeness (QED) is 0.731. The minimum atomic E-state index is -0.159. The highest BCUT2D eigenvalue weighted by Crippen LogP contribution is 2.24. The van der Waals surface area contributed by atoms with Crippen molar-refractivity contribution in [1.29, 1.82) is 0 Å². The molecular weight excluding hydrogens is 316 g/mol. The molecule has 126 valence electrons. The second kappa shape index (κ2) is 6.76. The van der Waals surface area contributed by atoms with E-state index < -0.39 is 0 Å². The van der Waals surface area contributed by atoms with Gasteiger partial charge in [-0.05, 0) is 49.2 Å². The number of para-hydroxylation sites is 1. The molecule has 25 heavy (non-hydrogen) atoms. The highest BCUT2D eigenvalue weighted by atomic mass is 16.5. The summed E-state index contributed by atoms with van der Waals surface area (Å²) < 4.78 is 5.78. The molecule has 3 aromatic rings. The van der Waals surface area contributed by atoms with Crippen LogP contribution < -0.4 is 4.74 Å². The van der Waals surface area contributed by atoms with Crippen LogP contribution in [-0.2, 0) is 0 Å². The van der Waals surface area contributed by atoms with Gasteiger partial charge in [0.25, 0.3) is 0 Å². The van der Waals surface area contributed by atoms with Crippen LogP contribution in [0.3, 0.4) is 0 Å². The molecule has 2 heterocycles. The molecule has 0 spiro atoms. The predicted octanol–water partition coefficient (Wildman–Crippen LogP) is 3.80. The lowest BCUT2D eigenvalue weighted by molar-refractivity contribution is 0.203. The van der Waals surface area contributed by atoms with Crippen molar-refractivity contribution in [3.8, 4) is 22.8 Å². The third kappa shape index (κ3) is 3.38. The van der Waals surface area contributed by atoms with Crippen LogP contribution in [-0.4, -0.2) is 39.0 Å². The van der Waals surface area contributed by atoms with Crippen LogP contribution >= 0.6 is 0 Å². The zero-order valence-corrected chi connectivity index (χ0v) is 13.7. The van der Waals surface area contributed by atoms with Gasteiger partial charge in [-0.15, -0.1) is 5.10 Å². The van der Waals surface area contributed by atoms with Crippen molar-refractivity contribution in [1.82, 2.24) is 19.9 Å². The lowest BCUT2D eigenvalue weighted by Gasteiger charge is -2.12. The minimum absolute atomic E-state index is 0.159. The second-order valence-electron chi connectivity index (χ2n) is 5.94. The number of aromatic nitrogens is 3. The second-order valence-corrected chi connectivity index (χ2v) is 5.94. The fourth-order valence-corrected chi connectivity index (χ4v) is 2.84. The van der Waals surface area contributed by atoms with Crippen molar-refractivity contribution < 1.29 is 9.53 Å². The van der Waals surface area contributed by atoms with E-state index in [1.807, 2.05) is 54.6 Å². The third-order valence-corrected chi connectivity index (χ3v) is 4.17. The maximum atomic E-state index is 12.3. The Morgan fingerprint density at radius 3 is 2.32 bits per heavy atom. The van der Waals surface area contributed by atoms with Gasteiger partial charge >= 0.3 is 6.03 Å². The molecule has 6 heteroatoms. The van der Waals surface area contributed by atoms with Gasteiger partial charge in [-0.3, -0.25) is 0 Å². The zero-order chi connectivity index (χ0) is 17.1. The first-order chi connectivity index (χ1) is 12.3. The molecule has 1 aromatic heterocycles. The molecule has 2 aromatic carbocycles. The molecule has 0 unspecified atom stereocenters. The van der Waals surface area contributed by atoms with Crippen LogP contribution in [0.2, 0.25) is 0 Å². The molecule has 1 fully saturated rings. The Bertz CT molecular complexity index is 853. The topological polar surface area (TPSA) is 60.2 Å². The summed E-state index contributed by atoms with van der Waals surface area (Å²) in [6.07, 6.45) is 3.70. The Morgan fingerprint density at radius 1 is 0.920 bits per heavy atom. The zero-order valence-electron chi connectivity index (χ0n) is 13.7. The van der Waals surface area contributed by atoms with Gasteiger partial charge in [0.05, 0.1) is 6.20 Å². The number of likely N-dealkylation sites (tertiary alicyclic amines) is 1. The molecular formula is C19H18N4O2. The minimum Gasteiger partial charge on any atom is -0.457 e. The van der Waals surface area contributed by atoms with Gasteiger partial charge in [0.15, 0.2) is 0 Å². The maximum Gasteiger partial charge on any atom is 0.362 e. The van der Waals surface area contributed by atoms with E-state index >= 15 is 0 Å². The number of hydrogen-bond acceptors (Lipinski definition) is 4. The first-order valence-corrected chi connectivity index (χ1v) is 8.34. The summed E-state index contributed by atoms with van der Waals surface area (Å²) in [4.78, 5) is 15.2. The normalized spacial score (nSPS) is 13.8. The number of nitrogens with zero attached hydrogens (tertiary/aromatic N) is 4. The summed E-state index contributed by atoms with van der Waals surface area (Å²) in [5.41, 5.74) is 1.56. The first kappa shape index (κ1) is 15.4. The van der Waals surface area contributed by atoms with Crippen LogP contribution in [0.5, 0.6) is 11.5 Å². The molecule has 0 N–H and O–H groups in total. The Morgan fingerprint density at radius 2 is 1.60 bits per heavy atom. The lowest BCUT2D eigenvalue weighted by Crippen LogP contribution is -2.33. The molecule has 1 saturated heterocycles. The van der Waals surface area contributed by atoms with Crippen molar-refractivity contribution >= 4 is 6.03 Å². The smallest absolute Gasteiger partial charge is 0.362 e. The molecule has 1 amide bonds. The van der Waals surface area contributed by atoms with Crippen LogP contribution in [0, 0.1) is 0 Å². The number of benzene rings is 2. The van der Waals surface area contributed by atoms with Crippen molar-refractivity contribution in [2.75, 3.05) is 13.1 Å².